The van der Waals surface area contributed by atoms with E-state index in [0.717, 1.165) is 24.0 Å². The van der Waals surface area contributed by atoms with Crippen LogP contribution in [0.3, 0.4) is 0 Å². The van der Waals surface area contributed by atoms with Crippen LogP contribution in [0.2, 0.25) is 10.0 Å². The van der Waals surface area contributed by atoms with Crippen LogP contribution in [-0.4, -0.2) is 16.5 Å². The number of alkyl halides is 1. The van der Waals surface area contributed by atoms with Gasteiger partial charge < -0.3 is 5.11 Å². The molecule has 2 nitrogen and oxygen atoms in total. The lowest BCUT2D eigenvalue weighted by molar-refractivity contribution is -0.136. The molecule has 0 bridgehead atoms. The highest BCUT2D eigenvalue weighted by molar-refractivity contribution is 6.36. The van der Waals surface area contributed by atoms with Crippen molar-refractivity contribution in [2.75, 3.05) is 0 Å². The van der Waals surface area contributed by atoms with Gasteiger partial charge in [-0.3, -0.25) is 4.79 Å². The lowest BCUT2D eigenvalue weighted by Crippen LogP contribution is -2.16. The maximum Gasteiger partial charge on any atom is 0.321 e. The molecule has 2 rings (SSSR count). The Morgan fingerprint density at radius 3 is 2.25 bits per heavy atom. The summed E-state index contributed by atoms with van der Waals surface area (Å²) >= 11 is 18.5. The molecule has 1 aliphatic carbocycles. The molecule has 1 atom stereocenters. The lowest BCUT2D eigenvalue weighted by Gasteiger charge is -2.24. The first-order chi connectivity index (χ1) is 9.49. The molecule has 0 aromatic heterocycles. The van der Waals surface area contributed by atoms with Crippen LogP contribution >= 0.6 is 34.8 Å². The Bertz CT molecular complexity index is 473. The number of carbonyl (C=O) groups is 1. The smallest absolute Gasteiger partial charge is 0.321 e. The Hall–Kier alpha value is -0.440. The van der Waals surface area contributed by atoms with Gasteiger partial charge in [-0.05, 0) is 48.4 Å². The first kappa shape index (κ1) is 15.9. The maximum atomic E-state index is 10.8. The van der Waals surface area contributed by atoms with Crippen molar-refractivity contribution in [3.05, 3.63) is 33.3 Å². The molecule has 0 amide bonds. The highest BCUT2D eigenvalue weighted by atomic mass is 35.5. The summed E-state index contributed by atoms with van der Waals surface area (Å²) in [5.74, 6) is -0.612. The molecule has 1 aromatic rings. The SMILES string of the molecule is O=C(O)C(Cl)Cc1cc(Cl)c(C2CCCCC2)c(Cl)c1. The van der Waals surface area contributed by atoms with Crippen molar-refractivity contribution in [1.29, 1.82) is 0 Å². The quantitative estimate of drug-likeness (QED) is 0.760. The van der Waals surface area contributed by atoms with Gasteiger partial charge in [-0.25, -0.2) is 0 Å². The van der Waals surface area contributed by atoms with Gasteiger partial charge in [0, 0.05) is 10.0 Å². The molecular weight excluding hydrogens is 319 g/mol. The zero-order valence-electron chi connectivity index (χ0n) is 11.0. The molecule has 1 unspecified atom stereocenters. The van der Waals surface area contributed by atoms with E-state index < -0.39 is 11.3 Å². The number of hydrogen-bond acceptors (Lipinski definition) is 1. The lowest BCUT2D eigenvalue weighted by atomic mass is 9.83. The van der Waals surface area contributed by atoms with Crippen LogP contribution in [0.4, 0.5) is 0 Å². The summed E-state index contributed by atoms with van der Waals surface area (Å²) in [6.45, 7) is 0. The molecular formula is C15H17Cl3O2. The van der Waals surface area contributed by atoms with Gasteiger partial charge in [0.1, 0.15) is 5.38 Å². The molecule has 0 radical (unpaired) electrons. The van der Waals surface area contributed by atoms with Crippen LogP contribution < -0.4 is 0 Å². The van der Waals surface area contributed by atoms with E-state index in [1.54, 1.807) is 12.1 Å². The van der Waals surface area contributed by atoms with E-state index in [9.17, 15) is 4.79 Å². The second-order valence-electron chi connectivity index (χ2n) is 5.32. The van der Waals surface area contributed by atoms with Crippen LogP contribution in [0.15, 0.2) is 12.1 Å². The van der Waals surface area contributed by atoms with Crippen molar-refractivity contribution < 1.29 is 9.90 Å². The van der Waals surface area contributed by atoms with Crippen LogP contribution in [0.25, 0.3) is 0 Å². The van der Waals surface area contributed by atoms with E-state index in [1.165, 1.54) is 19.3 Å². The largest absolute Gasteiger partial charge is 0.480 e. The van der Waals surface area contributed by atoms with E-state index in [-0.39, 0.29) is 6.42 Å². The third-order valence-electron chi connectivity index (χ3n) is 3.84. The Morgan fingerprint density at radius 2 is 1.75 bits per heavy atom. The second kappa shape index (κ2) is 7.02. The van der Waals surface area contributed by atoms with Gasteiger partial charge in [-0.15, -0.1) is 11.6 Å². The third kappa shape index (κ3) is 3.81. The average Bonchev–Trinajstić information content (AvgIpc) is 2.39. The van der Waals surface area contributed by atoms with E-state index in [1.807, 2.05) is 0 Å². The summed E-state index contributed by atoms with van der Waals surface area (Å²) in [6.07, 6.45) is 6.15. The fourth-order valence-electron chi connectivity index (χ4n) is 2.83. The molecule has 0 heterocycles. The van der Waals surface area contributed by atoms with Crippen molar-refractivity contribution in [2.24, 2.45) is 0 Å². The number of rotatable bonds is 4. The predicted molar refractivity (Wildman–Crippen MR) is 83.3 cm³/mol. The van der Waals surface area contributed by atoms with Crippen LogP contribution in [0.5, 0.6) is 0 Å². The molecule has 1 aromatic carbocycles. The van der Waals surface area contributed by atoms with Crippen molar-refractivity contribution in [3.63, 3.8) is 0 Å². The molecule has 0 aliphatic heterocycles. The van der Waals surface area contributed by atoms with Gasteiger partial charge in [0.05, 0.1) is 0 Å². The van der Waals surface area contributed by atoms with Gasteiger partial charge in [0.15, 0.2) is 0 Å². The zero-order valence-corrected chi connectivity index (χ0v) is 13.3. The maximum absolute atomic E-state index is 10.8. The van der Waals surface area contributed by atoms with Crippen molar-refractivity contribution >= 4 is 40.8 Å². The van der Waals surface area contributed by atoms with Gasteiger partial charge in [-0.1, -0.05) is 42.5 Å². The predicted octanol–water partition coefficient (Wildman–Crippen LogP) is 5.28. The first-order valence-electron chi connectivity index (χ1n) is 6.83. The van der Waals surface area contributed by atoms with E-state index >= 15 is 0 Å². The van der Waals surface area contributed by atoms with Crippen LogP contribution in [0, 0.1) is 0 Å². The van der Waals surface area contributed by atoms with Crippen LogP contribution in [-0.2, 0) is 11.2 Å². The first-order valence-corrected chi connectivity index (χ1v) is 8.03. The molecule has 1 fully saturated rings. The number of aliphatic carboxylic acids is 1. The topological polar surface area (TPSA) is 37.3 Å². The number of hydrogen-bond donors (Lipinski definition) is 1. The Kier molecular flexibility index (Phi) is 5.59. The Labute approximate surface area is 134 Å². The molecule has 110 valence electrons. The van der Waals surface area contributed by atoms with Gasteiger partial charge >= 0.3 is 5.97 Å². The summed E-state index contributed by atoms with van der Waals surface area (Å²) in [6, 6.07) is 3.60. The van der Waals surface area contributed by atoms with E-state index in [0.29, 0.717) is 16.0 Å². The zero-order chi connectivity index (χ0) is 14.7. The number of carboxylic acid groups (broad SMARTS) is 1. The summed E-state index contributed by atoms with van der Waals surface area (Å²) in [4.78, 5) is 10.8. The van der Waals surface area contributed by atoms with Crippen molar-refractivity contribution in [1.82, 2.24) is 0 Å². The van der Waals surface area contributed by atoms with Crippen molar-refractivity contribution in [2.45, 2.75) is 49.8 Å². The van der Waals surface area contributed by atoms with E-state index in [4.69, 9.17) is 39.9 Å². The molecule has 20 heavy (non-hydrogen) atoms. The van der Waals surface area contributed by atoms with Crippen LogP contribution in [0.1, 0.15) is 49.1 Å². The molecule has 5 heteroatoms. The highest BCUT2D eigenvalue weighted by Crippen LogP contribution is 2.40. The van der Waals surface area contributed by atoms with Crippen molar-refractivity contribution in [3.8, 4) is 0 Å². The minimum absolute atomic E-state index is 0.223. The number of carboxylic acids is 1. The molecule has 1 N–H and O–H groups in total. The standard InChI is InChI=1S/C15H17Cl3O2/c16-11-6-9(8-13(18)15(19)20)7-12(17)14(11)10-4-2-1-3-5-10/h6-7,10,13H,1-5,8H2,(H,19,20). The number of benzene rings is 1. The minimum Gasteiger partial charge on any atom is -0.480 e. The molecule has 0 spiro atoms. The summed E-state index contributed by atoms with van der Waals surface area (Å²) in [5, 5.41) is 9.15. The molecule has 1 saturated carbocycles. The van der Waals surface area contributed by atoms with Gasteiger partial charge in [-0.2, -0.15) is 0 Å². The minimum atomic E-state index is -1.03. The summed E-state index contributed by atoms with van der Waals surface area (Å²) in [7, 11) is 0. The third-order valence-corrected chi connectivity index (χ3v) is 4.80. The molecule has 0 saturated heterocycles. The van der Waals surface area contributed by atoms with Gasteiger partial charge in [0.2, 0.25) is 0 Å². The average molecular weight is 336 g/mol. The summed E-state index contributed by atoms with van der Waals surface area (Å²) < 4.78 is 0. The van der Waals surface area contributed by atoms with E-state index in [2.05, 4.69) is 0 Å². The molecule has 1 aliphatic rings. The Balaban J connectivity index is 2.22. The summed E-state index contributed by atoms with van der Waals surface area (Å²) in [5.41, 5.74) is 1.78. The highest BCUT2D eigenvalue weighted by Gasteiger charge is 2.22. The fraction of sp³-hybridized carbons (Fsp3) is 0.533. The fourth-order valence-corrected chi connectivity index (χ4v) is 3.85. The Morgan fingerprint density at radius 1 is 1.20 bits per heavy atom. The van der Waals surface area contributed by atoms with Gasteiger partial charge in [0.25, 0.3) is 0 Å². The number of halogens is 3. The second-order valence-corrected chi connectivity index (χ2v) is 6.66. The monoisotopic (exact) mass is 334 g/mol. The normalized spacial score (nSPS) is 17.9.